The Morgan fingerprint density at radius 1 is 1.32 bits per heavy atom. The number of hydrogen-bond acceptors (Lipinski definition) is 3. The van der Waals surface area contributed by atoms with Crippen molar-refractivity contribution in [3.63, 3.8) is 0 Å². The number of pyridine rings is 1. The minimum Gasteiger partial charge on any atom is -0.326 e. The zero-order chi connectivity index (χ0) is 13.7. The molecule has 1 amide bonds. The van der Waals surface area contributed by atoms with E-state index < -0.39 is 0 Å². The second kappa shape index (κ2) is 6.11. The van der Waals surface area contributed by atoms with Gasteiger partial charge in [0, 0.05) is 12.7 Å². The predicted octanol–water partition coefficient (Wildman–Crippen LogP) is 2.28. The summed E-state index contributed by atoms with van der Waals surface area (Å²) in [4.78, 5) is 16.2. The van der Waals surface area contributed by atoms with Crippen LogP contribution in [-0.4, -0.2) is 10.9 Å². The van der Waals surface area contributed by atoms with E-state index in [-0.39, 0.29) is 11.8 Å². The highest BCUT2D eigenvalue weighted by Crippen LogP contribution is 2.17. The molecular formula is C15H17N3O. The van der Waals surface area contributed by atoms with Crippen LogP contribution in [0.15, 0.2) is 48.7 Å². The summed E-state index contributed by atoms with van der Waals surface area (Å²) in [5.74, 6) is 0.244. The number of rotatable bonds is 4. The zero-order valence-corrected chi connectivity index (χ0v) is 10.8. The number of benzene rings is 1. The lowest BCUT2D eigenvalue weighted by molar-refractivity contribution is -0.117. The number of nitrogens with one attached hydrogen (secondary N) is 1. The topological polar surface area (TPSA) is 68.0 Å². The van der Waals surface area contributed by atoms with Crippen LogP contribution in [0.5, 0.6) is 0 Å². The largest absolute Gasteiger partial charge is 0.326 e. The van der Waals surface area contributed by atoms with Gasteiger partial charge in [-0.2, -0.15) is 0 Å². The Bertz CT molecular complexity index is 554. The van der Waals surface area contributed by atoms with Gasteiger partial charge in [0.25, 0.3) is 0 Å². The maximum absolute atomic E-state index is 12.1. The van der Waals surface area contributed by atoms with Crippen molar-refractivity contribution in [2.75, 3.05) is 5.32 Å². The van der Waals surface area contributed by atoms with Crippen LogP contribution < -0.4 is 11.1 Å². The van der Waals surface area contributed by atoms with Gasteiger partial charge in [-0.15, -0.1) is 0 Å². The molecule has 4 nitrogen and oxygen atoms in total. The van der Waals surface area contributed by atoms with Crippen molar-refractivity contribution >= 4 is 11.7 Å². The van der Waals surface area contributed by atoms with Crippen LogP contribution in [0.3, 0.4) is 0 Å². The lowest BCUT2D eigenvalue weighted by Crippen LogP contribution is -2.19. The molecule has 4 heteroatoms. The van der Waals surface area contributed by atoms with E-state index in [4.69, 9.17) is 5.73 Å². The van der Waals surface area contributed by atoms with Crippen molar-refractivity contribution < 1.29 is 4.79 Å². The Morgan fingerprint density at radius 2 is 2.05 bits per heavy atom. The smallest absolute Gasteiger partial charge is 0.232 e. The number of anilines is 1. The van der Waals surface area contributed by atoms with E-state index in [1.807, 2.05) is 43.3 Å². The molecule has 0 saturated heterocycles. The van der Waals surface area contributed by atoms with Crippen LogP contribution >= 0.6 is 0 Å². The van der Waals surface area contributed by atoms with E-state index >= 15 is 0 Å². The molecule has 0 fully saturated rings. The average molecular weight is 255 g/mol. The minimum atomic E-state index is -0.218. The molecule has 1 atom stereocenters. The molecule has 0 saturated carbocycles. The van der Waals surface area contributed by atoms with Gasteiger partial charge in [0.05, 0.1) is 5.92 Å². The fourth-order valence-corrected chi connectivity index (χ4v) is 1.80. The summed E-state index contributed by atoms with van der Waals surface area (Å²) in [6, 6.07) is 13.3. The van der Waals surface area contributed by atoms with Crippen LogP contribution in [-0.2, 0) is 11.3 Å². The lowest BCUT2D eigenvalue weighted by Gasteiger charge is -2.12. The Labute approximate surface area is 112 Å². The maximum Gasteiger partial charge on any atom is 0.232 e. The highest BCUT2D eigenvalue weighted by atomic mass is 16.1. The summed E-state index contributed by atoms with van der Waals surface area (Å²) in [7, 11) is 0. The zero-order valence-electron chi connectivity index (χ0n) is 10.8. The first-order chi connectivity index (χ1) is 9.20. The van der Waals surface area contributed by atoms with Crippen molar-refractivity contribution in [1.29, 1.82) is 0 Å². The van der Waals surface area contributed by atoms with Gasteiger partial charge in [0.15, 0.2) is 0 Å². The summed E-state index contributed by atoms with van der Waals surface area (Å²) in [6.45, 7) is 2.30. The molecule has 3 N–H and O–H groups in total. The number of aromatic nitrogens is 1. The first-order valence-corrected chi connectivity index (χ1v) is 6.21. The molecule has 0 aliphatic carbocycles. The van der Waals surface area contributed by atoms with Crippen molar-refractivity contribution in [1.82, 2.24) is 4.98 Å². The first-order valence-electron chi connectivity index (χ1n) is 6.21. The molecule has 0 spiro atoms. The number of hydrogen-bond donors (Lipinski definition) is 2. The summed E-state index contributed by atoms with van der Waals surface area (Å²) < 4.78 is 0. The summed E-state index contributed by atoms with van der Waals surface area (Å²) in [6.07, 6.45) is 1.64. The Morgan fingerprint density at radius 3 is 2.74 bits per heavy atom. The highest BCUT2D eigenvalue weighted by Gasteiger charge is 2.15. The van der Waals surface area contributed by atoms with Gasteiger partial charge in [-0.3, -0.25) is 4.79 Å². The fourth-order valence-electron chi connectivity index (χ4n) is 1.80. The SMILES string of the molecule is C[C@@H](C(=O)Nc1cc(CN)ccn1)c1ccccc1. The Hall–Kier alpha value is -2.20. The molecule has 19 heavy (non-hydrogen) atoms. The van der Waals surface area contributed by atoms with Crippen LogP contribution in [0.2, 0.25) is 0 Å². The molecule has 98 valence electrons. The summed E-state index contributed by atoms with van der Waals surface area (Å²) >= 11 is 0. The van der Waals surface area contributed by atoms with Gasteiger partial charge in [0.1, 0.15) is 5.82 Å². The second-order valence-electron chi connectivity index (χ2n) is 4.38. The third-order valence-electron chi connectivity index (χ3n) is 3.00. The van der Waals surface area contributed by atoms with E-state index in [0.29, 0.717) is 12.4 Å². The lowest BCUT2D eigenvalue weighted by atomic mass is 10.0. The van der Waals surface area contributed by atoms with Gasteiger partial charge in [-0.05, 0) is 30.2 Å². The molecule has 0 bridgehead atoms. The molecule has 0 radical (unpaired) electrons. The minimum absolute atomic E-state index is 0.0760. The van der Waals surface area contributed by atoms with E-state index in [1.54, 1.807) is 12.3 Å². The van der Waals surface area contributed by atoms with E-state index in [2.05, 4.69) is 10.3 Å². The van der Waals surface area contributed by atoms with Gasteiger partial charge in [0.2, 0.25) is 5.91 Å². The van der Waals surface area contributed by atoms with E-state index in [1.165, 1.54) is 0 Å². The van der Waals surface area contributed by atoms with Crippen LogP contribution in [0.25, 0.3) is 0 Å². The van der Waals surface area contributed by atoms with Crippen LogP contribution in [0.1, 0.15) is 24.0 Å². The monoisotopic (exact) mass is 255 g/mol. The third kappa shape index (κ3) is 3.39. The predicted molar refractivity (Wildman–Crippen MR) is 75.6 cm³/mol. The molecule has 0 aliphatic heterocycles. The van der Waals surface area contributed by atoms with Gasteiger partial charge >= 0.3 is 0 Å². The van der Waals surface area contributed by atoms with Crippen molar-refractivity contribution in [2.24, 2.45) is 5.73 Å². The molecule has 0 unspecified atom stereocenters. The first kappa shape index (κ1) is 13.2. The van der Waals surface area contributed by atoms with E-state index in [9.17, 15) is 4.79 Å². The number of nitrogens with two attached hydrogens (primary N) is 1. The standard InChI is InChI=1S/C15H17N3O/c1-11(13-5-3-2-4-6-13)15(19)18-14-9-12(10-16)7-8-17-14/h2-9,11H,10,16H2,1H3,(H,17,18,19)/t11-/m1/s1. The summed E-state index contributed by atoms with van der Waals surface area (Å²) in [5.41, 5.74) is 7.48. The molecule has 1 aromatic carbocycles. The maximum atomic E-state index is 12.1. The number of carbonyl (C=O) groups excluding carboxylic acids is 1. The van der Waals surface area contributed by atoms with Crippen molar-refractivity contribution in [3.8, 4) is 0 Å². The number of carbonyl (C=O) groups is 1. The molecule has 1 heterocycles. The second-order valence-corrected chi connectivity index (χ2v) is 4.38. The van der Waals surface area contributed by atoms with Gasteiger partial charge in [-0.25, -0.2) is 4.98 Å². The van der Waals surface area contributed by atoms with Crippen LogP contribution in [0, 0.1) is 0 Å². The van der Waals surface area contributed by atoms with E-state index in [0.717, 1.165) is 11.1 Å². The Kier molecular flexibility index (Phi) is 4.26. The highest BCUT2D eigenvalue weighted by molar-refractivity contribution is 5.94. The molecule has 2 rings (SSSR count). The molecule has 2 aromatic rings. The molecular weight excluding hydrogens is 238 g/mol. The quantitative estimate of drug-likeness (QED) is 0.880. The normalized spacial score (nSPS) is 11.9. The molecule has 0 aliphatic rings. The summed E-state index contributed by atoms with van der Waals surface area (Å²) in [5, 5.41) is 2.81. The molecule has 1 aromatic heterocycles. The third-order valence-corrected chi connectivity index (χ3v) is 3.00. The van der Waals surface area contributed by atoms with Crippen molar-refractivity contribution in [3.05, 3.63) is 59.8 Å². The van der Waals surface area contributed by atoms with Crippen molar-refractivity contribution in [2.45, 2.75) is 19.4 Å². The average Bonchev–Trinajstić information content (AvgIpc) is 2.47. The number of nitrogens with zero attached hydrogens (tertiary/aromatic N) is 1. The van der Waals surface area contributed by atoms with Crippen LogP contribution in [0.4, 0.5) is 5.82 Å². The Balaban J connectivity index is 2.08. The van der Waals surface area contributed by atoms with Gasteiger partial charge < -0.3 is 11.1 Å². The number of amides is 1. The van der Waals surface area contributed by atoms with Gasteiger partial charge in [-0.1, -0.05) is 30.3 Å². The fraction of sp³-hybridized carbons (Fsp3) is 0.200.